The number of aryl methyl sites for hydroxylation is 1. The van der Waals surface area contributed by atoms with E-state index in [1.165, 1.54) is 17.5 Å². The molecule has 0 aromatic heterocycles. The molecule has 3 nitrogen and oxygen atoms in total. The van der Waals surface area contributed by atoms with Gasteiger partial charge in [0.1, 0.15) is 5.75 Å². The summed E-state index contributed by atoms with van der Waals surface area (Å²) in [4.78, 5) is 12.7. The number of allylic oxidation sites excluding steroid dienone is 1. The number of methoxy groups -OCH3 is 1. The Morgan fingerprint density at radius 2 is 1.94 bits per heavy atom. The quantitative estimate of drug-likeness (QED) is 0.386. The number of hydrogen-bond donors (Lipinski definition) is 1. The van der Waals surface area contributed by atoms with Gasteiger partial charge in [-0.25, -0.2) is 0 Å². The number of halogens is 1. The van der Waals surface area contributed by atoms with Crippen molar-refractivity contribution in [1.29, 1.82) is 0 Å². The summed E-state index contributed by atoms with van der Waals surface area (Å²) in [5.41, 5.74) is 4.55. The third kappa shape index (κ3) is 3.66. The minimum absolute atomic E-state index is 0.0106. The molecule has 0 amide bonds. The van der Waals surface area contributed by atoms with Gasteiger partial charge >= 0.3 is 0 Å². The summed E-state index contributed by atoms with van der Waals surface area (Å²) >= 11 is 3.42. The molecule has 0 aliphatic heterocycles. The maximum Gasteiger partial charge on any atom is 0.185 e. The number of aliphatic hydroxyl groups excluding tert-OH is 1. The predicted molar refractivity (Wildman–Crippen MR) is 131 cm³/mol. The smallest absolute Gasteiger partial charge is 0.185 e. The molecular weight excluding hydrogens is 464 g/mol. The number of fused-ring (bicyclic) bond motifs is 5. The molecule has 5 rings (SSSR count). The van der Waals surface area contributed by atoms with Crippen LogP contribution in [0, 0.1) is 17.3 Å². The predicted octanol–water partition coefficient (Wildman–Crippen LogP) is 6.57. The summed E-state index contributed by atoms with van der Waals surface area (Å²) in [5, 5.41) is 10.7. The van der Waals surface area contributed by atoms with E-state index in [-0.39, 0.29) is 17.3 Å². The summed E-state index contributed by atoms with van der Waals surface area (Å²) in [6.07, 6.45) is 10.0. The second kappa shape index (κ2) is 8.46. The number of ketones is 1. The Morgan fingerprint density at radius 3 is 2.69 bits per heavy atom. The van der Waals surface area contributed by atoms with Crippen molar-refractivity contribution in [2.45, 2.75) is 57.5 Å². The molecule has 3 aliphatic rings. The van der Waals surface area contributed by atoms with Crippen LogP contribution in [0.5, 0.6) is 5.75 Å². The van der Waals surface area contributed by atoms with Crippen molar-refractivity contribution >= 4 is 27.8 Å². The van der Waals surface area contributed by atoms with Gasteiger partial charge in [-0.3, -0.25) is 4.79 Å². The lowest BCUT2D eigenvalue weighted by atomic mass is 9.55. The minimum Gasteiger partial charge on any atom is -0.496 e. The number of rotatable bonds is 4. The van der Waals surface area contributed by atoms with Crippen LogP contribution in [0.1, 0.15) is 72.0 Å². The van der Waals surface area contributed by atoms with Crippen LogP contribution in [0.3, 0.4) is 0 Å². The molecule has 0 radical (unpaired) electrons. The van der Waals surface area contributed by atoms with Crippen LogP contribution in [-0.4, -0.2) is 24.1 Å². The highest BCUT2D eigenvalue weighted by molar-refractivity contribution is 9.10. The fourth-order valence-corrected chi connectivity index (χ4v) is 7.04. The van der Waals surface area contributed by atoms with Crippen molar-refractivity contribution in [3.63, 3.8) is 0 Å². The van der Waals surface area contributed by atoms with Crippen LogP contribution in [0.4, 0.5) is 0 Å². The van der Waals surface area contributed by atoms with Gasteiger partial charge in [0.15, 0.2) is 5.78 Å². The Labute approximate surface area is 199 Å². The van der Waals surface area contributed by atoms with E-state index >= 15 is 0 Å². The lowest BCUT2D eigenvalue weighted by Gasteiger charge is -2.50. The average molecular weight is 495 g/mol. The third-order valence-corrected chi connectivity index (χ3v) is 9.10. The summed E-state index contributed by atoms with van der Waals surface area (Å²) in [6.45, 7) is 2.32. The second-order valence-electron chi connectivity index (χ2n) is 10.1. The molecule has 168 valence electrons. The van der Waals surface area contributed by atoms with E-state index in [0.29, 0.717) is 23.3 Å². The van der Waals surface area contributed by atoms with Crippen molar-refractivity contribution in [2.75, 3.05) is 7.11 Å². The zero-order chi connectivity index (χ0) is 22.5. The van der Waals surface area contributed by atoms with Crippen LogP contribution >= 0.6 is 15.9 Å². The Balaban J connectivity index is 1.45. The number of benzene rings is 2. The molecule has 0 bridgehead atoms. The van der Waals surface area contributed by atoms with E-state index in [4.69, 9.17) is 4.74 Å². The highest BCUT2D eigenvalue weighted by atomic mass is 79.9. The molecule has 2 aromatic carbocycles. The molecule has 4 heteroatoms. The lowest BCUT2D eigenvalue weighted by Crippen LogP contribution is -2.43. The molecule has 0 heterocycles. The highest BCUT2D eigenvalue weighted by Crippen LogP contribution is 2.61. The number of hydrogen-bond acceptors (Lipinski definition) is 3. The molecule has 1 N–H and O–H groups in total. The largest absolute Gasteiger partial charge is 0.496 e. The Bertz CT molecular complexity index is 1060. The maximum atomic E-state index is 12.7. The van der Waals surface area contributed by atoms with Gasteiger partial charge < -0.3 is 9.84 Å². The topological polar surface area (TPSA) is 46.5 Å². The lowest BCUT2D eigenvalue weighted by molar-refractivity contribution is -0.0226. The van der Waals surface area contributed by atoms with Gasteiger partial charge in [0.25, 0.3) is 0 Å². The zero-order valence-electron chi connectivity index (χ0n) is 18.8. The summed E-state index contributed by atoms with van der Waals surface area (Å²) in [6, 6.07) is 11.9. The van der Waals surface area contributed by atoms with Crippen molar-refractivity contribution in [1.82, 2.24) is 0 Å². The number of carbonyl (C=O) groups is 1. The van der Waals surface area contributed by atoms with Gasteiger partial charge in [-0.2, -0.15) is 0 Å². The fraction of sp³-hybridized carbons (Fsp3) is 0.464. The molecule has 0 spiro atoms. The van der Waals surface area contributed by atoms with Crippen molar-refractivity contribution in [3.05, 3.63) is 69.2 Å². The number of ether oxygens (including phenoxy) is 1. The van der Waals surface area contributed by atoms with Gasteiger partial charge in [-0.15, -0.1) is 0 Å². The molecule has 5 atom stereocenters. The van der Waals surface area contributed by atoms with E-state index in [1.807, 2.05) is 30.3 Å². The zero-order valence-corrected chi connectivity index (χ0v) is 20.4. The molecule has 0 saturated heterocycles. The van der Waals surface area contributed by atoms with Gasteiger partial charge in [0.2, 0.25) is 0 Å². The van der Waals surface area contributed by atoms with Crippen LogP contribution in [0.15, 0.2) is 46.9 Å². The monoisotopic (exact) mass is 494 g/mol. The standard InChI is InChI=1S/C28H31BrO3/c1-28-14-13-21-22(24(28)10-12-27(28)31)9-5-18-16-26(32-2)19(15-23(18)21)6-11-25(30)17-3-7-20(29)8-4-17/h3-4,6-8,11,15-16,21-22,24,27,31H,5,9-10,12-14H2,1-2H3/b11-6+/t21?,22?,24?,27-,28-/m0/s1. The number of carbonyl (C=O) groups excluding carboxylic acids is 1. The van der Waals surface area contributed by atoms with Crippen LogP contribution in [0.2, 0.25) is 0 Å². The Morgan fingerprint density at radius 1 is 1.16 bits per heavy atom. The van der Waals surface area contributed by atoms with Crippen molar-refractivity contribution in [3.8, 4) is 5.75 Å². The first-order chi connectivity index (χ1) is 15.4. The second-order valence-corrected chi connectivity index (χ2v) is 11.0. The SMILES string of the molecule is COc1cc2c(cc1/C=C/C(=O)c1ccc(Br)cc1)C1CC[C@@]3(C)C(CC[C@@H]3O)C1CC2. The van der Waals surface area contributed by atoms with E-state index in [2.05, 4.69) is 35.0 Å². The van der Waals surface area contributed by atoms with E-state index in [9.17, 15) is 9.90 Å². The molecule has 3 unspecified atom stereocenters. The molecular formula is C28H31BrO3. The first-order valence-corrected chi connectivity index (χ1v) is 12.6. The first kappa shape index (κ1) is 21.9. The summed E-state index contributed by atoms with van der Waals surface area (Å²) in [7, 11) is 1.70. The van der Waals surface area contributed by atoms with Gasteiger partial charge in [-0.05, 0) is 121 Å². The van der Waals surface area contributed by atoms with Crippen LogP contribution in [-0.2, 0) is 6.42 Å². The Kier molecular flexibility index (Phi) is 5.79. The van der Waals surface area contributed by atoms with Crippen molar-refractivity contribution < 1.29 is 14.6 Å². The van der Waals surface area contributed by atoms with Crippen molar-refractivity contribution in [2.24, 2.45) is 17.3 Å². The third-order valence-electron chi connectivity index (χ3n) is 8.57. The molecule has 32 heavy (non-hydrogen) atoms. The van der Waals surface area contributed by atoms with Crippen LogP contribution in [0.25, 0.3) is 6.08 Å². The summed E-state index contributed by atoms with van der Waals surface area (Å²) in [5.74, 6) is 2.63. The highest BCUT2D eigenvalue weighted by Gasteiger charge is 2.54. The minimum atomic E-state index is -0.145. The summed E-state index contributed by atoms with van der Waals surface area (Å²) < 4.78 is 6.66. The van der Waals surface area contributed by atoms with E-state index in [1.54, 1.807) is 13.2 Å². The van der Waals surface area contributed by atoms with E-state index < -0.39 is 0 Å². The molecule has 3 aliphatic carbocycles. The molecule has 2 fully saturated rings. The van der Waals surface area contributed by atoms with E-state index in [0.717, 1.165) is 47.9 Å². The average Bonchev–Trinajstić information content (AvgIpc) is 3.11. The molecule has 2 saturated carbocycles. The fourth-order valence-electron chi connectivity index (χ4n) is 6.77. The normalized spacial score (nSPS) is 31.1. The molecule has 2 aromatic rings. The first-order valence-electron chi connectivity index (χ1n) is 11.8. The van der Waals surface area contributed by atoms with Gasteiger partial charge in [-0.1, -0.05) is 22.9 Å². The van der Waals surface area contributed by atoms with Crippen LogP contribution < -0.4 is 4.74 Å². The van der Waals surface area contributed by atoms with Gasteiger partial charge in [0.05, 0.1) is 13.2 Å². The number of aliphatic hydroxyl groups is 1. The Hall–Kier alpha value is -1.91. The van der Waals surface area contributed by atoms with Gasteiger partial charge in [0, 0.05) is 15.6 Å². The maximum absolute atomic E-state index is 12.7.